The van der Waals surface area contributed by atoms with E-state index in [0.717, 1.165) is 36.5 Å². The van der Waals surface area contributed by atoms with Gasteiger partial charge in [-0.2, -0.15) is 0 Å². The quantitative estimate of drug-likeness (QED) is 0.211. The van der Waals surface area contributed by atoms with E-state index in [0.29, 0.717) is 35.9 Å². The fourth-order valence-corrected chi connectivity index (χ4v) is 4.17. The Labute approximate surface area is 197 Å². The predicted molar refractivity (Wildman–Crippen MR) is 135 cm³/mol. The molecule has 0 fully saturated rings. The van der Waals surface area contributed by atoms with Gasteiger partial charge in [0.1, 0.15) is 11.2 Å². The van der Waals surface area contributed by atoms with Gasteiger partial charge in [-0.3, -0.25) is 0 Å². The molecule has 0 unspecified atom stereocenters. The van der Waals surface area contributed by atoms with E-state index < -0.39 is 0 Å². The second kappa shape index (κ2) is 13.2. The zero-order valence-corrected chi connectivity index (χ0v) is 20.3. The molecule has 0 spiro atoms. The summed E-state index contributed by atoms with van der Waals surface area (Å²) in [6.45, 7) is 5.57. The maximum Gasteiger partial charge on any atom is 0.164 e. The van der Waals surface area contributed by atoms with Crippen LogP contribution in [0.25, 0.3) is 21.9 Å². The number of phenols is 2. The van der Waals surface area contributed by atoms with Gasteiger partial charge in [-0.1, -0.05) is 78.1 Å². The molecule has 0 saturated carbocycles. The van der Waals surface area contributed by atoms with E-state index in [-0.39, 0.29) is 11.5 Å². The standard InChI is InChI=1S/C28H40O5/c1-3-5-7-9-11-13-15-31-27-19-25-21(17-23(27)29)22-18-24(30)28(20-26(22)33-25)32-16-14-12-10-8-6-4-2/h17-20,29-30H,3-16H2,1-2H3. The summed E-state index contributed by atoms with van der Waals surface area (Å²) in [7, 11) is 0. The van der Waals surface area contributed by atoms with E-state index in [1.165, 1.54) is 51.4 Å². The molecule has 5 heteroatoms. The topological polar surface area (TPSA) is 72.1 Å². The number of ether oxygens (including phenoxy) is 2. The van der Waals surface area contributed by atoms with Gasteiger partial charge in [-0.05, 0) is 25.0 Å². The maximum absolute atomic E-state index is 10.4. The van der Waals surface area contributed by atoms with Crippen LogP contribution < -0.4 is 9.47 Å². The molecular weight excluding hydrogens is 416 g/mol. The van der Waals surface area contributed by atoms with E-state index in [9.17, 15) is 10.2 Å². The van der Waals surface area contributed by atoms with Crippen LogP contribution in [-0.2, 0) is 0 Å². The van der Waals surface area contributed by atoms with E-state index in [4.69, 9.17) is 13.9 Å². The van der Waals surface area contributed by atoms with Crippen molar-refractivity contribution in [2.24, 2.45) is 0 Å². The van der Waals surface area contributed by atoms with E-state index in [2.05, 4.69) is 13.8 Å². The minimum atomic E-state index is 0.0825. The number of benzene rings is 2. The molecule has 3 aromatic rings. The van der Waals surface area contributed by atoms with E-state index in [1.54, 1.807) is 24.3 Å². The number of rotatable bonds is 16. The highest BCUT2D eigenvalue weighted by molar-refractivity contribution is 6.07. The lowest BCUT2D eigenvalue weighted by molar-refractivity contribution is 0.288. The predicted octanol–water partition coefficient (Wildman–Crippen LogP) is 8.48. The summed E-state index contributed by atoms with van der Waals surface area (Å²) in [4.78, 5) is 0. The summed E-state index contributed by atoms with van der Waals surface area (Å²) in [6.07, 6.45) is 14.2. The van der Waals surface area contributed by atoms with Crippen molar-refractivity contribution >= 4 is 21.9 Å². The van der Waals surface area contributed by atoms with Crippen LogP contribution in [0.4, 0.5) is 0 Å². The molecule has 2 aromatic carbocycles. The van der Waals surface area contributed by atoms with Gasteiger partial charge in [0.25, 0.3) is 0 Å². The van der Waals surface area contributed by atoms with Crippen LogP contribution in [0, 0.1) is 0 Å². The van der Waals surface area contributed by atoms with Gasteiger partial charge >= 0.3 is 0 Å². The van der Waals surface area contributed by atoms with Crippen LogP contribution in [-0.4, -0.2) is 23.4 Å². The van der Waals surface area contributed by atoms with Gasteiger partial charge < -0.3 is 24.1 Å². The highest BCUT2D eigenvalue weighted by Gasteiger charge is 2.15. The lowest BCUT2D eigenvalue weighted by Crippen LogP contribution is -1.97. The first-order chi connectivity index (χ1) is 16.1. The summed E-state index contributed by atoms with van der Waals surface area (Å²) < 4.78 is 17.6. The van der Waals surface area contributed by atoms with Crippen molar-refractivity contribution in [3.63, 3.8) is 0 Å². The zero-order valence-electron chi connectivity index (χ0n) is 20.3. The van der Waals surface area contributed by atoms with Gasteiger partial charge in [-0.25, -0.2) is 0 Å². The monoisotopic (exact) mass is 456 g/mol. The fraction of sp³-hybridized carbons (Fsp3) is 0.571. The van der Waals surface area contributed by atoms with Gasteiger partial charge in [0.2, 0.25) is 0 Å². The Hall–Kier alpha value is -2.56. The first kappa shape index (κ1) is 25.1. The zero-order chi connectivity index (χ0) is 23.5. The van der Waals surface area contributed by atoms with E-state index >= 15 is 0 Å². The lowest BCUT2D eigenvalue weighted by Gasteiger charge is -2.08. The fourth-order valence-electron chi connectivity index (χ4n) is 4.17. The number of phenolic OH excluding ortho intramolecular Hbond substituents is 2. The molecule has 0 radical (unpaired) electrons. The first-order valence-electron chi connectivity index (χ1n) is 12.8. The number of furan rings is 1. The normalized spacial score (nSPS) is 11.5. The molecule has 2 N–H and O–H groups in total. The Kier molecular flexibility index (Phi) is 10.0. The SMILES string of the molecule is CCCCCCCCOc1cc2oc3cc(OCCCCCCCC)c(O)cc3c2cc1O. The largest absolute Gasteiger partial charge is 0.504 e. The Balaban J connectivity index is 1.60. The van der Waals surface area contributed by atoms with Gasteiger partial charge in [0.15, 0.2) is 23.0 Å². The molecule has 33 heavy (non-hydrogen) atoms. The van der Waals surface area contributed by atoms with Crippen LogP contribution >= 0.6 is 0 Å². The third kappa shape index (κ3) is 7.21. The Morgan fingerprint density at radius 2 is 0.970 bits per heavy atom. The average Bonchev–Trinajstić information content (AvgIpc) is 3.14. The smallest absolute Gasteiger partial charge is 0.164 e. The van der Waals surface area contributed by atoms with Crippen LogP contribution in [0.3, 0.4) is 0 Å². The summed E-state index contributed by atoms with van der Waals surface area (Å²) >= 11 is 0. The maximum atomic E-state index is 10.4. The molecule has 0 aliphatic rings. The minimum Gasteiger partial charge on any atom is -0.504 e. The molecule has 0 aliphatic heterocycles. The van der Waals surface area contributed by atoms with Gasteiger partial charge in [0, 0.05) is 22.9 Å². The van der Waals surface area contributed by atoms with Crippen molar-refractivity contribution < 1.29 is 24.1 Å². The van der Waals surface area contributed by atoms with Crippen molar-refractivity contribution in [1.29, 1.82) is 0 Å². The number of fused-ring (bicyclic) bond motifs is 3. The molecule has 1 heterocycles. The summed E-state index contributed by atoms with van der Waals surface area (Å²) in [6, 6.07) is 6.76. The third-order valence-electron chi connectivity index (χ3n) is 6.14. The van der Waals surface area contributed by atoms with Crippen molar-refractivity contribution in [2.45, 2.75) is 90.9 Å². The molecular formula is C28H40O5. The lowest BCUT2D eigenvalue weighted by atomic mass is 10.1. The van der Waals surface area contributed by atoms with Gasteiger partial charge in [-0.15, -0.1) is 0 Å². The Morgan fingerprint density at radius 3 is 1.39 bits per heavy atom. The molecule has 1 aromatic heterocycles. The van der Waals surface area contributed by atoms with Gasteiger partial charge in [0.05, 0.1) is 13.2 Å². The number of aromatic hydroxyl groups is 2. The number of hydrogen-bond acceptors (Lipinski definition) is 5. The molecule has 182 valence electrons. The highest BCUT2D eigenvalue weighted by Crippen LogP contribution is 2.41. The highest BCUT2D eigenvalue weighted by atomic mass is 16.5. The average molecular weight is 457 g/mol. The minimum absolute atomic E-state index is 0.0825. The van der Waals surface area contributed by atoms with Crippen LogP contribution in [0.5, 0.6) is 23.0 Å². The Morgan fingerprint density at radius 1 is 0.576 bits per heavy atom. The summed E-state index contributed by atoms with van der Waals surface area (Å²) in [5.41, 5.74) is 1.24. The molecule has 3 rings (SSSR count). The molecule has 0 saturated heterocycles. The Bertz CT molecular complexity index is 913. The van der Waals surface area contributed by atoms with Crippen LogP contribution in [0.15, 0.2) is 28.7 Å². The van der Waals surface area contributed by atoms with Crippen molar-refractivity contribution in [1.82, 2.24) is 0 Å². The molecule has 0 atom stereocenters. The molecule has 0 bridgehead atoms. The first-order valence-corrected chi connectivity index (χ1v) is 12.8. The third-order valence-corrected chi connectivity index (χ3v) is 6.14. The van der Waals surface area contributed by atoms with Crippen LogP contribution in [0.2, 0.25) is 0 Å². The molecule has 0 aliphatic carbocycles. The van der Waals surface area contributed by atoms with Crippen molar-refractivity contribution in [3.05, 3.63) is 24.3 Å². The van der Waals surface area contributed by atoms with Crippen molar-refractivity contribution in [2.75, 3.05) is 13.2 Å². The number of unbranched alkanes of at least 4 members (excludes halogenated alkanes) is 10. The molecule has 5 nitrogen and oxygen atoms in total. The van der Waals surface area contributed by atoms with E-state index in [1.807, 2.05) is 0 Å². The molecule has 0 amide bonds. The summed E-state index contributed by atoms with van der Waals surface area (Å²) in [5, 5.41) is 22.4. The second-order valence-electron chi connectivity index (χ2n) is 8.97. The summed E-state index contributed by atoms with van der Waals surface area (Å²) in [5.74, 6) is 1.02. The number of hydrogen-bond donors (Lipinski definition) is 2. The second-order valence-corrected chi connectivity index (χ2v) is 8.97. The van der Waals surface area contributed by atoms with Crippen molar-refractivity contribution in [3.8, 4) is 23.0 Å². The van der Waals surface area contributed by atoms with Crippen LogP contribution in [0.1, 0.15) is 90.9 Å².